The molecule has 0 bridgehead atoms. The fourth-order valence-corrected chi connectivity index (χ4v) is 3.23. The minimum atomic E-state index is -1.02. The second-order valence-electron chi connectivity index (χ2n) is 6.21. The summed E-state index contributed by atoms with van der Waals surface area (Å²) in [4.78, 5) is 30.3. The number of fused-ring (bicyclic) bond motifs is 2. The number of aryl methyl sites for hydroxylation is 1. The number of carbonyl (C=O) groups excluding carboxylic acids is 1. The Kier molecular flexibility index (Phi) is 3.53. The van der Waals surface area contributed by atoms with Gasteiger partial charge in [0.15, 0.2) is 11.3 Å². The fourth-order valence-electron chi connectivity index (χ4n) is 3.23. The van der Waals surface area contributed by atoms with Gasteiger partial charge in [0.2, 0.25) is 0 Å². The zero-order valence-electron chi connectivity index (χ0n) is 13.6. The molecule has 6 heteroatoms. The van der Waals surface area contributed by atoms with Gasteiger partial charge >= 0.3 is 5.97 Å². The molecule has 0 saturated carbocycles. The molecule has 4 rings (SSSR count). The van der Waals surface area contributed by atoms with Crippen molar-refractivity contribution in [2.24, 2.45) is 0 Å². The normalized spacial score (nSPS) is 16.7. The van der Waals surface area contributed by atoms with Gasteiger partial charge < -0.3 is 14.4 Å². The Morgan fingerprint density at radius 1 is 1.20 bits per heavy atom. The summed E-state index contributed by atoms with van der Waals surface area (Å²) >= 11 is 0. The smallest absolute Gasteiger partial charge is 0.326 e. The van der Waals surface area contributed by atoms with E-state index in [-0.39, 0.29) is 18.7 Å². The predicted molar refractivity (Wildman–Crippen MR) is 90.2 cm³/mol. The van der Waals surface area contributed by atoms with Crippen LogP contribution in [-0.4, -0.2) is 32.9 Å². The van der Waals surface area contributed by atoms with Crippen molar-refractivity contribution < 1.29 is 19.1 Å². The molecule has 0 fully saturated rings. The Hall–Kier alpha value is -3.15. The number of carbonyl (C=O) groups is 2. The van der Waals surface area contributed by atoms with Gasteiger partial charge in [-0.05, 0) is 30.2 Å². The first-order valence-corrected chi connectivity index (χ1v) is 8.00. The van der Waals surface area contributed by atoms with Gasteiger partial charge in [0, 0.05) is 24.7 Å². The lowest BCUT2D eigenvalue weighted by Gasteiger charge is -2.33. The molecule has 1 aromatic carbocycles. The lowest BCUT2D eigenvalue weighted by molar-refractivity contribution is -0.142. The lowest BCUT2D eigenvalue weighted by Crippen LogP contribution is -2.48. The quantitative estimate of drug-likeness (QED) is 0.778. The van der Waals surface area contributed by atoms with E-state index in [4.69, 9.17) is 4.42 Å². The van der Waals surface area contributed by atoms with Gasteiger partial charge in [-0.3, -0.25) is 4.79 Å². The molecule has 0 spiro atoms. The number of benzene rings is 1. The molecule has 0 radical (unpaired) electrons. The number of hydrogen-bond donors (Lipinski definition) is 1. The highest BCUT2D eigenvalue weighted by Crippen LogP contribution is 2.27. The molecule has 2 aromatic heterocycles. The number of hydrogen-bond acceptors (Lipinski definition) is 4. The first kappa shape index (κ1) is 15.4. The number of amides is 1. The Labute approximate surface area is 143 Å². The first-order chi connectivity index (χ1) is 12.0. The number of furan rings is 1. The van der Waals surface area contributed by atoms with E-state index in [2.05, 4.69) is 4.98 Å². The van der Waals surface area contributed by atoms with E-state index >= 15 is 0 Å². The highest BCUT2D eigenvalue weighted by Gasteiger charge is 2.36. The number of aromatic nitrogens is 1. The molecule has 3 heterocycles. The Morgan fingerprint density at radius 3 is 2.72 bits per heavy atom. The van der Waals surface area contributed by atoms with Crippen LogP contribution in [0.2, 0.25) is 0 Å². The molecule has 1 N–H and O–H groups in total. The first-order valence-electron chi connectivity index (χ1n) is 8.00. The van der Waals surface area contributed by atoms with Gasteiger partial charge in [-0.25, -0.2) is 9.78 Å². The molecule has 126 valence electrons. The zero-order chi connectivity index (χ0) is 17.6. The van der Waals surface area contributed by atoms with Crippen LogP contribution in [0.1, 0.15) is 27.4 Å². The molecule has 1 atom stereocenters. The van der Waals surface area contributed by atoms with Crippen LogP contribution in [0, 0.1) is 6.92 Å². The number of rotatable bonds is 2. The maximum absolute atomic E-state index is 12.9. The topological polar surface area (TPSA) is 83.6 Å². The van der Waals surface area contributed by atoms with Crippen molar-refractivity contribution >= 4 is 23.0 Å². The molecule has 1 amide bonds. The Bertz CT molecular complexity index is 992. The number of carboxylic acid groups (broad SMARTS) is 1. The largest absolute Gasteiger partial charge is 0.480 e. The third-order valence-electron chi connectivity index (χ3n) is 4.52. The number of carboxylic acids is 1. The van der Waals surface area contributed by atoms with E-state index in [1.807, 2.05) is 31.2 Å². The summed E-state index contributed by atoms with van der Waals surface area (Å²) in [5.41, 5.74) is 3.84. The molecule has 0 aliphatic carbocycles. The van der Waals surface area contributed by atoms with Crippen LogP contribution >= 0.6 is 0 Å². The van der Waals surface area contributed by atoms with Crippen LogP contribution in [0.4, 0.5) is 0 Å². The van der Waals surface area contributed by atoms with Gasteiger partial charge in [-0.15, -0.1) is 0 Å². The molecule has 1 aliphatic rings. The van der Waals surface area contributed by atoms with E-state index < -0.39 is 17.9 Å². The highest BCUT2D eigenvalue weighted by atomic mass is 16.4. The fraction of sp³-hybridized carbons (Fsp3) is 0.211. The van der Waals surface area contributed by atoms with Gasteiger partial charge in [-0.1, -0.05) is 24.3 Å². The summed E-state index contributed by atoms with van der Waals surface area (Å²) in [5, 5.41) is 9.57. The highest BCUT2D eigenvalue weighted by molar-refractivity contribution is 5.97. The van der Waals surface area contributed by atoms with Crippen LogP contribution in [-0.2, 0) is 17.8 Å². The van der Waals surface area contributed by atoms with Crippen molar-refractivity contribution in [3.05, 3.63) is 65.0 Å². The Morgan fingerprint density at radius 2 is 1.96 bits per heavy atom. The summed E-state index contributed by atoms with van der Waals surface area (Å²) < 4.78 is 5.61. The molecular weight excluding hydrogens is 320 g/mol. The maximum Gasteiger partial charge on any atom is 0.326 e. The monoisotopic (exact) mass is 336 g/mol. The van der Waals surface area contributed by atoms with Gasteiger partial charge in [-0.2, -0.15) is 0 Å². The van der Waals surface area contributed by atoms with Gasteiger partial charge in [0.05, 0.1) is 0 Å². The summed E-state index contributed by atoms with van der Waals surface area (Å²) in [6.07, 6.45) is 0.287. The van der Waals surface area contributed by atoms with E-state index in [0.29, 0.717) is 11.1 Å². The standard InChI is InChI=1S/C19H16N2O4/c1-11-6-7-16-14(20-11)9-17(25-16)18(22)21-10-13-5-3-2-4-12(13)8-15(21)19(23)24/h2-7,9,15H,8,10H2,1H3,(H,23,24)/t15-/m1/s1. The van der Waals surface area contributed by atoms with Crippen molar-refractivity contribution in [2.45, 2.75) is 25.9 Å². The summed E-state index contributed by atoms with van der Waals surface area (Å²) in [5.74, 6) is -1.34. The third-order valence-corrected chi connectivity index (χ3v) is 4.52. The molecule has 3 aromatic rings. The van der Waals surface area contributed by atoms with E-state index in [9.17, 15) is 14.7 Å². The summed E-state index contributed by atoms with van der Waals surface area (Å²) in [6.45, 7) is 2.10. The van der Waals surface area contributed by atoms with Crippen molar-refractivity contribution in [3.8, 4) is 0 Å². The van der Waals surface area contributed by atoms with Crippen molar-refractivity contribution in [1.82, 2.24) is 9.88 Å². The molecule has 0 saturated heterocycles. The van der Waals surface area contributed by atoms with Crippen LogP contribution in [0.5, 0.6) is 0 Å². The molecule has 1 aliphatic heterocycles. The third kappa shape index (κ3) is 2.65. The molecular formula is C19H16N2O4. The van der Waals surface area contributed by atoms with E-state index in [1.165, 1.54) is 4.90 Å². The van der Waals surface area contributed by atoms with Gasteiger partial charge in [0.1, 0.15) is 11.6 Å². The summed E-state index contributed by atoms with van der Waals surface area (Å²) in [6, 6.07) is 11.8. The second-order valence-corrected chi connectivity index (χ2v) is 6.21. The van der Waals surface area contributed by atoms with Crippen LogP contribution in [0.3, 0.4) is 0 Å². The maximum atomic E-state index is 12.9. The van der Waals surface area contributed by atoms with Gasteiger partial charge in [0.25, 0.3) is 5.91 Å². The van der Waals surface area contributed by atoms with Crippen LogP contribution in [0.15, 0.2) is 46.9 Å². The molecule has 6 nitrogen and oxygen atoms in total. The second kappa shape index (κ2) is 5.73. The SMILES string of the molecule is Cc1ccc2oc(C(=O)N3Cc4ccccc4C[C@@H]3C(=O)O)cc2n1. The average Bonchev–Trinajstić information content (AvgIpc) is 3.03. The average molecular weight is 336 g/mol. The van der Waals surface area contributed by atoms with Crippen molar-refractivity contribution in [2.75, 3.05) is 0 Å². The molecule has 0 unspecified atom stereocenters. The van der Waals surface area contributed by atoms with Crippen molar-refractivity contribution in [1.29, 1.82) is 0 Å². The zero-order valence-corrected chi connectivity index (χ0v) is 13.6. The number of pyridine rings is 1. The van der Waals surface area contributed by atoms with E-state index in [0.717, 1.165) is 16.8 Å². The van der Waals surface area contributed by atoms with Crippen molar-refractivity contribution in [3.63, 3.8) is 0 Å². The predicted octanol–water partition coefficient (Wildman–Crippen LogP) is 2.79. The van der Waals surface area contributed by atoms with E-state index in [1.54, 1.807) is 18.2 Å². The van der Waals surface area contributed by atoms with Crippen LogP contribution < -0.4 is 0 Å². The number of nitrogens with zero attached hydrogens (tertiary/aromatic N) is 2. The minimum absolute atomic E-state index is 0.110. The minimum Gasteiger partial charge on any atom is -0.480 e. The van der Waals surface area contributed by atoms with Crippen LogP contribution in [0.25, 0.3) is 11.1 Å². The lowest BCUT2D eigenvalue weighted by atomic mass is 9.94. The number of aliphatic carboxylic acids is 1. The summed E-state index contributed by atoms with van der Waals surface area (Å²) in [7, 11) is 0. The Balaban J connectivity index is 1.72. The molecule has 25 heavy (non-hydrogen) atoms.